The van der Waals surface area contributed by atoms with Crippen LogP contribution >= 0.6 is 0 Å². The molecule has 1 fully saturated rings. The summed E-state index contributed by atoms with van der Waals surface area (Å²) in [4.78, 5) is 28.5. The van der Waals surface area contributed by atoms with Crippen LogP contribution in [0.2, 0.25) is 0 Å². The standard InChI is InChI=1S/C24H29FN2O3/c1-16-11-22(9-10-23(16)19(4)28)30-15-24(29)27-13-17(2)26(12-18(27)3)14-20-5-7-21(25)8-6-20/h5-11,17-18H,12-15H2,1-4H3. The van der Waals surface area contributed by atoms with Crippen LogP contribution < -0.4 is 4.74 Å². The second-order valence-electron chi connectivity index (χ2n) is 8.12. The van der Waals surface area contributed by atoms with Gasteiger partial charge in [-0.2, -0.15) is 0 Å². The summed E-state index contributed by atoms with van der Waals surface area (Å²) in [5.74, 6) is 0.309. The number of piperazine rings is 1. The third-order valence-electron chi connectivity index (χ3n) is 5.67. The predicted molar refractivity (Wildman–Crippen MR) is 114 cm³/mol. The quantitative estimate of drug-likeness (QED) is 0.677. The number of ether oxygens (including phenoxy) is 1. The summed E-state index contributed by atoms with van der Waals surface area (Å²) in [6.07, 6.45) is 0. The molecule has 3 rings (SSSR count). The summed E-state index contributed by atoms with van der Waals surface area (Å²) in [5.41, 5.74) is 2.56. The van der Waals surface area contributed by atoms with Crippen LogP contribution in [0.4, 0.5) is 4.39 Å². The number of carbonyl (C=O) groups excluding carboxylic acids is 2. The predicted octanol–water partition coefficient (Wildman–Crippen LogP) is 3.84. The molecule has 30 heavy (non-hydrogen) atoms. The number of hydrogen-bond donors (Lipinski definition) is 0. The zero-order valence-electron chi connectivity index (χ0n) is 18.0. The molecule has 2 unspecified atom stereocenters. The second kappa shape index (κ2) is 9.39. The van der Waals surface area contributed by atoms with Crippen LogP contribution in [0.15, 0.2) is 42.5 Å². The van der Waals surface area contributed by atoms with Crippen LogP contribution in [0.5, 0.6) is 5.75 Å². The van der Waals surface area contributed by atoms with Crippen LogP contribution in [-0.4, -0.2) is 53.3 Å². The van der Waals surface area contributed by atoms with Crippen molar-refractivity contribution in [1.29, 1.82) is 0 Å². The summed E-state index contributed by atoms with van der Waals surface area (Å²) in [7, 11) is 0. The van der Waals surface area contributed by atoms with Gasteiger partial charge < -0.3 is 9.64 Å². The van der Waals surface area contributed by atoms with Gasteiger partial charge in [-0.25, -0.2) is 4.39 Å². The van der Waals surface area contributed by atoms with E-state index >= 15 is 0 Å². The van der Waals surface area contributed by atoms with Gasteiger partial charge in [-0.3, -0.25) is 14.5 Å². The molecule has 0 radical (unpaired) electrons. The fourth-order valence-corrected chi connectivity index (χ4v) is 3.94. The highest BCUT2D eigenvalue weighted by Crippen LogP contribution is 2.20. The van der Waals surface area contributed by atoms with Gasteiger partial charge in [-0.05, 0) is 69.2 Å². The van der Waals surface area contributed by atoms with Gasteiger partial charge in [0.2, 0.25) is 0 Å². The van der Waals surface area contributed by atoms with Gasteiger partial charge in [-0.15, -0.1) is 0 Å². The fraction of sp³-hybridized carbons (Fsp3) is 0.417. The summed E-state index contributed by atoms with van der Waals surface area (Å²) in [5, 5.41) is 0. The van der Waals surface area contributed by atoms with Gasteiger partial charge in [-0.1, -0.05) is 12.1 Å². The van der Waals surface area contributed by atoms with Crippen molar-refractivity contribution in [3.63, 3.8) is 0 Å². The summed E-state index contributed by atoms with van der Waals surface area (Å²) in [6.45, 7) is 9.58. The number of rotatable bonds is 6. The Morgan fingerprint density at radius 2 is 1.77 bits per heavy atom. The normalized spacial score (nSPS) is 19.6. The van der Waals surface area contributed by atoms with E-state index in [4.69, 9.17) is 4.74 Å². The maximum absolute atomic E-state index is 13.1. The Labute approximate surface area is 177 Å². The molecule has 2 aromatic carbocycles. The van der Waals surface area contributed by atoms with Gasteiger partial charge >= 0.3 is 0 Å². The van der Waals surface area contributed by atoms with E-state index in [0.29, 0.717) is 17.9 Å². The van der Waals surface area contributed by atoms with Crippen molar-refractivity contribution in [2.24, 2.45) is 0 Å². The lowest BCUT2D eigenvalue weighted by molar-refractivity contribution is -0.139. The Balaban J connectivity index is 1.56. The molecule has 5 nitrogen and oxygen atoms in total. The van der Waals surface area contributed by atoms with Crippen LogP contribution in [-0.2, 0) is 11.3 Å². The van der Waals surface area contributed by atoms with Crippen molar-refractivity contribution in [2.75, 3.05) is 19.7 Å². The lowest BCUT2D eigenvalue weighted by Gasteiger charge is -2.44. The topological polar surface area (TPSA) is 49.9 Å². The number of hydrogen-bond acceptors (Lipinski definition) is 4. The van der Waals surface area contributed by atoms with Gasteiger partial charge in [0.15, 0.2) is 12.4 Å². The van der Waals surface area contributed by atoms with Crippen molar-refractivity contribution >= 4 is 11.7 Å². The molecular formula is C24H29FN2O3. The molecular weight excluding hydrogens is 383 g/mol. The van der Waals surface area contributed by atoms with Crippen molar-refractivity contribution < 1.29 is 18.7 Å². The molecule has 1 aliphatic rings. The largest absolute Gasteiger partial charge is 0.484 e. The summed E-state index contributed by atoms with van der Waals surface area (Å²) < 4.78 is 18.8. The smallest absolute Gasteiger partial charge is 0.260 e. The number of carbonyl (C=O) groups is 2. The number of aryl methyl sites for hydroxylation is 1. The maximum atomic E-state index is 13.1. The second-order valence-corrected chi connectivity index (χ2v) is 8.12. The zero-order chi connectivity index (χ0) is 21.8. The minimum Gasteiger partial charge on any atom is -0.484 e. The van der Waals surface area contributed by atoms with E-state index in [1.807, 2.05) is 18.7 Å². The number of amides is 1. The van der Waals surface area contributed by atoms with Crippen molar-refractivity contribution in [1.82, 2.24) is 9.80 Å². The fourth-order valence-electron chi connectivity index (χ4n) is 3.94. The van der Waals surface area contributed by atoms with Crippen LogP contribution in [0, 0.1) is 12.7 Å². The van der Waals surface area contributed by atoms with Crippen molar-refractivity contribution in [2.45, 2.75) is 46.3 Å². The highest BCUT2D eigenvalue weighted by Gasteiger charge is 2.32. The molecule has 1 saturated heterocycles. The highest BCUT2D eigenvalue weighted by atomic mass is 19.1. The van der Waals surface area contributed by atoms with Gasteiger partial charge in [0.1, 0.15) is 11.6 Å². The summed E-state index contributed by atoms with van der Waals surface area (Å²) >= 11 is 0. The van der Waals surface area contributed by atoms with E-state index in [1.165, 1.54) is 19.1 Å². The summed E-state index contributed by atoms with van der Waals surface area (Å²) in [6, 6.07) is 12.1. The van der Waals surface area contributed by atoms with E-state index in [0.717, 1.165) is 24.2 Å². The number of benzene rings is 2. The number of Topliss-reactive ketones (excluding diaryl/α,β-unsaturated/α-hetero) is 1. The van der Waals surface area contributed by atoms with Gasteiger partial charge in [0, 0.05) is 37.3 Å². The average Bonchev–Trinajstić information content (AvgIpc) is 2.70. The number of nitrogens with zero attached hydrogens (tertiary/aromatic N) is 2. The van der Waals surface area contributed by atoms with E-state index in [-0.39, 0.29) is 36.2 Å². The van der Waals surface area contributed by atoms with Crippen molar-refractivity contribution in [3.8, 4) is 5.75 Å². The van der Waals surface area contributed by atoms with Gasteiger partial charge in [0.05, 0.1) is 0 Å². The SMILES string of the molecule is CC(=O)c1ccc(OCC(=O)N2CC(C)N(Cc3ccc(F)cc3)CC2C)cc1C. The molecule has 0 aromatic heterocycles. The number of ketones is 1. The Kier molecular flexibility index (Phi) is 6.87. The number of halogens is 1. The molecule has 1 aliphatic heterocycles. The van der Waals surface area contributed by atoms with Gasteiger partial charge in [0.25, 0.3) is 5.91 Å². The first-order valence-electron chi connectivity index (χ1n) is 10.3. The van der Waals surface area contributed by atoms with E-state index in [2.05, 4.69) is 11.8 Å². The molecule has 160 valence electrons. The minimum absolute atomic E-state index is 0.0106. The minimum atomic E-state index is -0.235. The first kappa shape index (κ1) is 22.0. The van der Waals surface area contributed by atoms with Crippen LogP contribution in [0.1, 0.15) is 42.3 Å². The molecule has 0 spiro atoms. The van der Waals surface area contributed by atoms with E-state index in [1.54, 1.807) is 30.3 Å². The highest BCUT2D eigenvalue weighted by molar-refractivity contribution is 5.95. The molecule has 2 atom stereocenters. The molecule has 0 aliphatic carbocycles. The zero-order valence-corrected chi connectivity index (χ0v) is 18.0. The Hall–Kier alpha value is -2.73. The third-order valence-corrected chi connectivity index (χ3v) is 5.67. The lowest BCUT2D eigenvalue weighted by atomic mass is 10.1. The molecule has 0 bridgehead atoms. The van der Waals surface area contributed by atoms with Crippen LogP contribution in [0.25, 0.3) is 0 Å². The molecule has 6 heteroatoms. The molecule has 2 aromatic rings. The molecule has 0 N–H and O–H groups in total. The Bertz CT molecular complexity index is 913. The third kappa shape index (κ3) is 5.25. The molecule has 1 amide bonds. The van der Waals surface area contributed by atoms with Crippen LogP contribution in [0.3, 0.4) is 0 Å². The average molecular weight is 413 g/mol. The molecule has 1 heterocycles. The maximum Gasteiger partial charge on any atom is 0.260 e. The van der Waals surface area contributed by atoms with E-state index < -0.39 is 0 Å². The Morgan fingerprint density at radius 3 is 2.40 bits per heavy atom. The monoisotopic (exact) mass is 412 g/mol. The van der Waals surface area contributed by atoms with Crippen molar-refractivity contribution in [3.05, 3.63) is 65.0 Å². The first-order valence-corrected chi connectivity index (χ1v) is 10.3. The first-order chi connectivity index (χ1) is 14.2. The Morgan fingerprint density at radius 1 is 1.07 bits per heavy atom. The lowest BCUT2D eigenvalue weighted by Crippen LogP contribution is -2.58. The van der Waals surface area contributed by atoms with E-state index in [9.17, 15) is 14.0 Å². The molecule has 0 saturated carbocycles.